The molecule has 22 heavy (non-hydrogen) atoms. The van der Waals surface area contributed by atoms with Gasteiger partial charge in [0.25, 0.3) is 0 Å². The van der Waals surface area contributed by atoms with Crippen molar-refractivity contribution in [1.82, 2.24) is 5.32 Å². The van der Waals surface area contributed by atoms with Crippen molar-refractivity contribution in [3.05, 3.63) is 12.2 Å². The van der Waals surface area contributed by atoms with Crippen LogP contribution < -0.4 is 5.32 Å². The van der Waals surface area contributed by atoms with Crippen LogP contribution in [0.3, 0.4) is 0 Å². The third-order valence-corrected chi connectivity index (χ3v) is 2.96. The molecule has 128 valence electrons. The molecule has 0 spiro atoms. The van der Waals surface area contributed by atoms with Crippen LogP contribution in [0.4, 0.5) is 0 Å². The molecular formula is C15H27NO6. The van der Waals surface area contributed by atoms with E-state index in [9.17, 15) is 14.7 Å². The van der Waals surface area contributed by atoms with E-state index in [1.165, 1.54) is 25.7 Å². The van der Waals surface area contributed by atoms with E-state index in [1.54, 1.807) is 0 Å². The summed E-state index contributed by atoms with van der Waals surface area (Å²) in [6, 6.07) is 0.427. The van der Waals surface area contributed by atoms with Crippen molar-refractivity contribution < 1.29 is 29.6 Å². The van der Waals surface area contributed by atoms with Crippen LogP contribution in [0.25, 0.3) is 0 Å². The second-order valence-corrected chi connectivity index (χ2v) is 5.47. The zero-order valence-electron chi connectivity index (χ0n) is 13.2. The highest BCUT2D eigenvalue weighted by Gasteiger charge is 2.16. The van der Waals surface area contributed by atoms with E-state index in [-0.39, 0.29) is 6.10 Å². The number of carboxylic acids is 2. The number of carbonyl (C=O) groups is 2. The van der Waals surface area contributed by atoms with Gasteiger partial charge in [0.15, 0.2) is 0 Å². The molecule has 0 saturated heterocycles. The van der Waals surface area contributed by atoms with E-state index in [0.717, 1.165) is 0 Å². The number of ether oxygens (including phenoxy) is 1. The summed E-state index contributed by atoms with van der Waals surface area (Å²) in [6.07, 6.45) is 6.07. The molecule has 1 saturated carbocycles. The first-order valence-corrected chi connectivity index (χ1v) is 7.48. The molecule has 7 nitrogen and oxygen atoms in total. The van der Waals surface area contributed by atoms with Gasteiger partial charge in [-0.15, -0.1) is 0 Å². The molecule has 1 rings (SSSR count). The second kappa shape index (κ2) is 12.1. The van der Waals surface area contributed by atoms with Crippen molar-refractivity contribution in [2.45, 2.75) is 57.8 Å². The minimum absolute atomic E-state index is 0.363. The van der Waals surface area contributed by atoms with Crippen LogP contribution in [-0.4, -0.2) is 58.7 Å². The Hall–Kier alpha value is -1.44. The fraction of sp³-hybridized carbons (Fsp3) is 0.733. The maximum Gasteiger partial charge on any atom is 0.328 e. The van der Waals surface area contributed by atoms with E-state index in [4.69, 9.17) is 14.9 Å². The highest BCUT2D eigenvalue weighted by molar-refractivity contribution is 5.89. The van der Waals surface area contributed by atoms with Gasteiger partial charge < -0.3 is 25.4 Å². The van der Waals surface area contributed by atoms with Gasteiger partial charge in [0.05, 0.1) is 18.8 Å². The van der Waals surface area contributed by atoms with Gasteiger partial charge in [-0.3, -0.25) is 0 Å². The predicted molar refractivity (Wildman–Crippen MR) is 81.8 cm³/mol. The van der Waals surface area contributed by atoms with Crippen LogP contribution >= 0.6 is 0 Å². The van der Waals surface area contributed by atoms with E-state index >= 15 is 0 Å². The van der Waals surface area contributed by atoms with Crippen molar-refractivity contribution in [3.63, 3.8) is 0 Å². The SMILES string of the molecule is CC(C)NCC(O)COC1CCCC1.O=C(O)/C=C\C(=O)O. The summed E-state index contributed by atoms with van der Waals surface area (Å²) >= 11 is 0. The molecular weight excluding hydrogens is 290 g/mol. The van der Waals surface area contributed by atoms with E-state index < -0.39 is 11.9 Å². The standard InChI is InChI=1S/C11H23NO2.C4H4O4/c1-9(2)12-7-10(13)8-14-11-5-3-4-6-11;5-3(6)1-2-4(7)8/h9-13H,3-8H2,1-2H3;1-2H,(H,5,6)(H,7,8)/b;2-1-. The molecule has 0 bridgehead atoms. The molecule has 1 aliphatic rings. The van der Waals surface area contributed by atoms with Gasteiger partial charge in [0.2, 0.25) is 0 Å². The summed E-state index contributed by atoms with van der Waals surface area (Å²) in [5, 5.41) is 28.4. The molecule has 0 aliphatic heterocycles. The lowest BCUT2D eigenvalue weighted by Gasteiger charge is -2.17. The van der Waals surface area contributed by atoms with Gasteiger partial charge in [-0.1, -0.05) is 26.7 Å². The Morgan fingerprint density at radius 2 is 1.68 bits per heavy atom. The van der Waals surface area contributed by atoms with Crippen molar-refractivity contribution >= 4 is 11.9 Å². The quantitative estimate of drug-likeness (QED) is 0.494. The number of aliphatic hydroxyl groups is 1. The molecule has 1 aliphatic carbocycles. The third kappa shape index (κ3) is 13.5. The van der Waals surface area contributed by atoms with Crippen LogP contribution in [0.1, 0.15) is 39.5 Å². The first-order valence-electron chi connectivity index (χ1n) is 7.48. The van der Waals surface area contributed by atoms with Crippen LogP contribution in [0.2, 0.25) is 0 Å². The van der Waals surface area contributed by atoms with Gasteiger partial charge in [0, 0.05) is 24.7 Å². The number of aliphatic carboxylic acids is 2. The highest BCUT2D eigenvalue weighted by atomic mass is 16.5. The van der Waals surface area contributed by atoms with E-state index in [2.05, 4.69) is 19.2 Å². The van der Waals surface area contributed by atoms with Crippen molar-refractivity contribution in [2.24, 2.45) is 0 Å². The zero-order valence-corrected chi connectivity index (χ0v) is 13.2. The van der Waals surface area contributed by atoms with Gasteiger partial charge in [-0.2, -0.15) is 0 Å². The molecule has 7 heteroatoms. The number of hydrogen-bond acceptors (Lipinski definition) is 5. The lowest BCUT2D eigenvalue weighted by atomic mass is 10.3. The van der Waals surface area contributed by atoms with Crippen LogP contribution in [-0.2, 0) is 14.3 Å². The molecule has 0 aromatic carbocycles. The van der Waals surface area contributed by atoms with Gasteiger partial charge in [-0.05, 0) is 12.8 Å². The monoisotopic (exact) mass is 317 g/mol. The Kier molecular flexibility index (Phi) is 11.3. The summed E-state index contributed by atoms with van der Waals surface area (Å²) in [7, 11) is 0. The van der Waals surface area contributed by atoms with Gasteiger partial charge >= 0.3 is 11.9 Å². The van der Waals surface area contributed by atoms with Crippen molar-refractivity contribution in [1.29, 1.82) is 0 Å². The normalized spacial score (nSPS) is 16.5. The fourth-order valence-corrected chi connectivity index (χ4v) is 1.88. The Morgan fingerprint density at radius 3 is 2.09 bits per heavy atom. The molecule has 0 aromatic rings. The molecule has 0 aromatic heterocycles. The maximum atomic E-state index is 9.57. The Labute approximate surface area is 131 Å². The average molecular weight is 317 g/mol. The van der Waals surface area contributed by atoms with Crippen molar-refractivity contribution in [3.8, 4) is 0 Å². The summed E-state index contributed by atoms with van der Waals surface area (Å²) in [5.74, 6) is -2.51. The first-order chi connectivity index (χ1) is 10.3. The highest BCUT2D eigenvalue weighted by Crippen LogP contribution is 2.20. The lowest BCUT2D eigenvalue weighted by molar-refractivity contribution is -0.134. The molecule has 0 amide bonds. The second-order valence-electron chi connectivity index (χ2n) is 5.47. The lowest BCUT2D eigenvalue weighted by Crippen LogP contribution is -2.35. The first kappa shape index (κ1) is 20.6. The van der Waals surface area contributed by atoms with Gasteiger partial charge in [-0.25, -0.2) is 9.59 Å². The summed E-state index contributed by atoms with van der Waals surface area (Å²) in [6.45, 7) is 5.25. The number of aliphatic hydroxyl groups excluding tert-OH is 1. The fourth-order valence-electron chi connectivity index (χ4n) is 1.88. The summed E-state index contributed by atoms with van der Waals surface area (Å²) in [5.41, 5.74) is 0. The summed E-state index contributed by atoms with van der Waals surface area (Å²) in [4.78, 5) is 19.1. The zero-order chi connectivity index (χ0) is 17.0. The number of nitrogens with one attached hydrogen (secondary N) is 1. The average Bonchev–Trinajstić information content (AvgIpc) is 2.94. The molecule has 1 atom stereocenters. The molecule has 1 fully saturated rings. The van der Waals surface area contributed by atoms with Crippen molar-refractivity contribution in [2.75, 3.05) is 13.2 Å². The Morgan fingerprint density at radius 1 is 1.18 bits per heavy atom. The topological polar surface area (TPSA) is 116 Å². The van der Waals surface area contributed by atoms with Crippen LogP contribution in [0.5, 0.6) is 0 Å². The smallest absolute Gasteiger partial charge is 0.328 e. The maximum absolute atomic E-state index is 9.57. The van der Waals surface area contributed by atoms with Gasteiger partial charge in [0.1, 0.15) is 0 Å². The van der Waals surface area contributed by atoms with E-state index in [0.29, 0.717) is 37.4 Å². The van der Waals surface area contributed by atoms with Crippen LogP contribution in [0, 0.1) is 0 Å². The largest absolute Gasteiger partial charge is 0.478 e. The molecule has 0 radical (unpaired) electrons. The third-order valence-electron chi connectivity index (χ3n) is 2.96. The molecule has 0 heterocycles. The Balaban J connectivity index is 0.000000472. The van der Waals surface area contributed by atoms with Crippen LogP contribution in [0.15, 0.2) is 12.2 Å². The minimum Gasteiger partial charge on any atom is -0.478 e. The molecule has 1 unspecified atom stereocenters. The Bertz CT molecular complexity index is 334. The number of hydrogen-bond donors (Lipinski definition) is 4. The predicted octanol–water partition coefficient (Wildman–Crippen LogP) is 1.02. The molecule has 4 N–H and O–H groups in total. The number of carboxylic acid groups (broad SMARTS) is 2. The minimum atomic E-state index is -1.26. The summed E-state index contributed by atoms with van der Waals surface area (Å²) < 4.78 is 5.61. The van der Waals surface area contributed by atoms with E-state index in [1.807, 2.05) is 0 Å². The number of rotatable bonds is 8.